The zero-order valence-corrected chi connectivity index (χ0v) is 14.7. The highest BCUT2D eigenvalue weighted by Gasteiger charge is 2.33. The number of nitrogens with zero attached hydrogens (tertiary/aromatic N) is 3. The number of hydrogen-bond donors (Lipinski definition) is 2. The highest BCUT2D eigenvalue weighted by Crippen LogP contribution is 2.27. The number of likely N-dealkylation sites (tertiary alicyclic amines) is 1. The molecule has 2 unspecified atom stereocenters. The van der Waals surface area contributed by atoms with Gasteiger partial charge in [-0.1, -0.05) is 25.1 Å². The minimum atomic E-state index is -0.457. The second-order valence-electron chi connectivity index (χ2n) is 6.67. The summed E-state index contributed by atoms with van der Waals surface area (Å²) in [6.45, 7) is 4.42. The average Bonchev–Trinajstić information content (AvgIpc) is 3.20. The number of aromatic nitrogens is 2. The van der Waals surface area contributed by atoms with Gasteiger partial charge in [0.25, 0.3) is 5.91 Å². The number of aromatic hydroxyl groups is 1. The van der Waals surface area contributed by atoms with Crippen LogP contribution < -0.4 is 0 Å². The van der Waals surface area contributed by atoms with Crippen molar-refractivity contribution in [2.45, 2.75) is 51.7 Å². The molecule has 3 rings (SSSR count). The molecule has 6 heteroatoms. The Hall–Kier alpha value is -2.34. The van der Waals surface area contributed by atoms with Gasteiger partial charge in [-0.15, -0.1) is 0 Å². The van der Waals surface area contributed by atoms with E-state index in [9.17, 15) is 15.0 Å². The Bertz CT molecular complexity index is 754. The van der Waals surface area contributed by atoms with Gasteiger partial charge in [-0.25, -0.2) is 4.68 Å². The van der Waals surface area contributed by atoms with Gasteiger partial charge in [0, 0.05) is 12.6 Å². The summed E-state index contributed by atoms with van der Waals surface area (Å²) in [6, 6.07) is 7.80. The molecule has 134 valence electrons. The Morgan fingerprint density at radius 3 is 2.88 bits per heavy atom. The number of amides is 1. The SMILES string of the molecule is CCc1ccccc1-n1cc(O)c(C(=O)N2CCCC2CC(C)O)n1. The lowest BCUT2D eigenvalue weighted by Gasteiger charge is -2.25. The fraction of sp³-hybridized carbons (Fsp3) is 0.474. The molecule has 1 aliphatic heterocycles. The van der Waals surface area contributed by atoms with E-state index in [0.29, 0.717) is 13.0 Å². The maximum absolute atomic E-state index is 12.9. The van der Waals surface area contributed by atoms with Crippen LogP contribution in [0.4, 0.5) is 0 Å². The number of carbonyl (C=O) groups excluding carboxylic acids is 1. The first-order chi connectivity index (χ1) is 12.0. The minimum Gasteiger partial charge on any atom is -0.504 e. The largest absolute Gasteiger partial charge is 0.504 e. The van der Waals surface area contributed by atoms with Crippen molar-refractivity contribution in [1.29, 1.82) is 0 Å². The fourth-order valence-corrected chi connectivity index (χ4v) is 3.55. The standard InChI is InChI=1S/C19H25N3O3/c1-3-14-7-4-5-9-16(14)22-12-17(24)18(20-22)19(25)21-10-6-8-15(21)11-13(2)23/h4-5,7,9,12-13,15,23-24H,3,6,8,10-11H2,1-2H3. The van der Waals surface area contributed by atoms with Crippen LogP contribution in [0.15, 0.2) is 30.5 Å². The van der Waals surface area contributed by atoms with Crippen molar-refractivity contribution < 1.29 is 15.0 Å². The summed E-state index contributed by atoms with van der Waals surface area (Å²) in [4.78, 5) is 14.6. The molecule has 0 spiro atoms. The Balaban J connectivity index is 1.88. The van der Waals surface area contributed by atoms with E-state index < -0.39 is 6.10 Å². The van der Waals surface area contributed by atoms with E-state index in [0.717, 1.165) is 30.5 Å². The summed E-state index contributed by atoms with van der Waals surface area (Å²) in [5, 5.41) is 24.3. The van der Waals surface area contributed by atoms with Crippen molar-refractivity contribution in [1.82, 2.24) is 14.7 Å². The number of hydrogen-bond acceptors (Lipinski definition) is 4. The minimum absolute atomic E-state index is 0.0000203. The Morgan fingerprint density at radius 2 is 2.16 bits per heavy atom. The molecule has 25 heavy (non-hydrogen) atoms. The number of rotatable bonds is 5. The molecule has 2 heterocycles. The molecule has 1 aromatic heterocycles. The van der Waals surface area contributed by atoms with Gasteiger partial charge in [-0.05, 0) is 44.2 Å². The lowest BCUT2D eigenvalue weighted by atomic mass is 10.1. The molecule has 0 aliphatic carbocycles. The smallest absolute Gasteiger partial charge is 0.278 e. The van der Waals surface area contributed by atoms with Crippen molar-refractivity contribution in [3.05, 3.63) is 41.7 Å². The van der Waals surface area contributed by atoms with Crippen molar-refractivity contribution >= 4 is 5.91 Å². The third-order valence-corrected chi connectivity index (χ3v) is 4.77. The van der Waals surface area contributed by atoms with Crippen molar-refractivity contribution in [2.75, 3.05) is 6.54 Å². The van der Waals surface area contributed by atoms with E-state index in [4.69, 9.17) is 0 Å². The first kappa shape index (κ1) is 17.5. The van der Waals surface area contributed by atoms with E-state index in [1.807, 2.05) is 24.3 Å². The summed E-state index contributed by atoms with van der Waals surface area (Å²) in [5.74, 6) is -0.382. The van der Waals surface area contributed by atoms with Crippen molar-refractivity contribution in [3.63, 3.8) is 0 Å². The monoisotopic (exact) mass is 343 g/mol. The van der Waals surface area contributed by atoms with Crippen LogP contribution in [0.1, 0.15) is 49.2 Å². The second-order valence-corrected chi connectivity index (χ2v) is 6.67. The molecule has 1 saturated heterocycles. The van der Waals surface area contributed by atoms with Gasteiger partial charge in [-0.3, -0.25) is 4.79 Å². The molecule has 1 amide bonds. The summed E-state index contributed by atoms with van der Waals surface area (Å²) < 4.78 is 1.57. The molecule has 1 fully saturated rings. The maximum atomic E-state index is 12.9. The summed E-state index contributed by atoms with van der Waals surface area (Å²) >= 11 is 0. The number of aliphatic hydroxyl groups is 1. The number of aliphatic hydroxyl groups excluding tert-OH is 1. The Morgan fingerprint density at radius 1 is 1.40 bits per heavy atom. The van der Waals surface area contributed by atoms with Crippen molar-refractivity contribution in [2.24, 2.45) is 0 Å². The highest BCUT2D eigenvalue weighted by molar-refractivity contribution is 5.95. The molecule has 0 saturated carbocycles. The molecule has 1 aromatic carbocycles. The molecular weight excluding hydrogens is 318 g/mol. The molecular formula is C19H25N3O3. The van der Waals surface area contributed by atoms with Crippen LogP contribution in [0, 0.1) is 0 Å². The summed E-state index contributed by atoms with van der Waals surface area (Å²) in [5.41, 5.74) is 2.03. The lowest BCUT2D eigenvalue weighted by molar-refractivity contribution is 0.0673. The van der Waals surface area contributed by atoms with E-state index >= 15 is 0 Å². The third-order valence-electron chi connectivity index (χ3n) is 4.77. The van der Waals surface area contributed by atoms with Crippen LogP contribution in [-0.2, 0) is 6.42 Å². The molecule has 6 nitrogen and oxygen atoms in total. The van der Waals surface area contributed by atoms with E-state index in [-0.39, 0.29) is 23.4 Å². The van der Waals surface area contributed by atoms with Crippen LogP contribution in [0.25, 0.3) is 5.69 Å². The maximum Gasteiger partial charge on any atom is 0.278 e. The predicted octanol–water partition coefficient (Wildman–Crippen LogP) is 2.52. The molecule has 2 aromatic rings. The topological polar surface area (TPSA) is 78.6 Å². The number of para-hydroxylation sites is 1. The quantitative estimate of drug-likeness (QED) is 0.874. The second kappa shape index (κ2) is 7.27. The Kier molecular flexibility index (Phi) is 5.08. The molecule has 0 bridgehead atoms. The highest BCUT2D eigenvalue weighted by atomic mass is 16.3. The van der Waals surface area contributed by atoms with Gasteiger partial charge >= 0.3 is 0 Å². The Labute approximate surface area is 147 Å². The number of aryl methyl sites for hydroxylation is 1. The van der Waals surface area contributed by atoms with Gasteiger partial charge in [-0.2, -0.15) is 5.10 Å². The fourth-order valence-electron chi connectivity index (χ4n) is 3.55. The van der Waals surface area contributed by atoms with Gasteiger partial charge in [0.2, 0.25) is 0 Å². The van der Waals surface area contributed by atoms with E-state index in [1.54, 1.807) is 16.5 Å². The van der Waals surface area contributed by atoms with Crippen LogP contribution in [0.2, 0.25) is 0 Å². The molecule has 1 aliphatic rings. The van der Waals surface area contributed by atoms with Gasteiger partial charge in [0.15, 0.2) is 11.4 Å². The van der Waals surface area contributed by atoms with E-state index in [1.165, 1.54) is 6.20 Å². The zero-order valence-electron chi connectivity index (χ0n) is 14.7. The molecule has 0 radical (unpaired) electrons. The van der Waals surface area contributed by atoms with Gasteiger partial charge in [0.1, 0.15) is 0 Å². The van der Waals surface area contributed by atoms with Crippen LogP contribution in [-0.4, -0.2) is 49.5 Å². The number of benzene rings is 1. The summed E-state index contributed by atoms with van der Waals surface area (Å²) in [6.07, 6.45) is 4.19. The van der Waals surface area contributed by atoms with Gasteiger partial charge in [0.05, 0.1) is 18.0 Å². The van der Waals surface area contributed by atoms with E-state index in [2.05, 4.69) is 12.0 Å². The molecule has 2 N–H and O–H groups in total. The third kappa shape index (κ3) is 3.54. The predicted molar refractivity (Wildman–Crippen MR) is 95.0 cm³/mol. The number of carbonyl (C=O) groups is 1. The normalized spacial score (nSPS) is 18.5. The lowest BCUT2D eigenvalue weighted by Crippen LogP contribution is -2.37. The summed E-state index contributed by atoms with van der Waals surface area (Å²) in [7, 11) is 0. The van der Waals surface area contributed by atoms with Crippen LogP contribution in [0.3, 0.4) is 0 Å². The van der Waals surface area contributed by atoms with Crippen LogP contribution >= 0.6 is 0 Å². The first-order valence-corrected chi connectivity index (χ1v) is 8.87. The van der Waals surface area contributed by atoms with Gasteiger partial charge < -0.3 is 15.1 Å². The average molecular weight is 343 g/mol. The van der Waals surface area contributed by atoms with Crippen molar-refractivity contribution in [3.8, 4) is 11.4 Å². The zero-order chi connectivity index (χ0) is 18.0. The first-order valence-electron chi connectivity index (χ1n) is 8.87. The molecule has 2 atom stereocenters. The van der Waals surface area contributed by atoms with Crippen LogP contribution in [0.5, 0.6) is 5.75 Å².